The van der Waals surface area contributed by atoms with Gasteiger partial charge in [-0.2, -0.15) is 11.8 Å². The molecule has 0 amide bonds. The van der Waals surface area contributed by atoms with E-state index in [4.69, 9.17) is 5.73 Å². The molecule has 0 spiro atoms. The van der Waals surface area contributed by atoms with Gasteiger partial charge in [0.15, 0.2) is 0 Å². The lowest BCUT2D eigenvalue weighted by atomic mass is 10.1. The highest BCUT2D eigenvalue weighted by molar-refractivity contribution is 7.99. The van der Waals surface area contributed by atoms with Crippen LogP contribution in [0.15, 0.2) is 24.3 Å². The van der Waals surface area contributed by atoms with Crippen molar-refractivity contribution < 1.29 is 4.39 Å². The Morgan fingerprint density at radius 3 is 2.82 bits per heavy atom. The van der Waals surface area contributed by atoms with Crippen molar-refractivity contribution in [3.8, 4) is 0 Å². The molecule has 0 bridgehead atoms. The van der Waals surface area contributed by atoms with Crippen LogP contribution >= 0.6 is 11.8 Å². The van der Waals surface area contributed by atoms with Crippen molar-refractivity contribution in [1.29, 1.82) is 0 Å². The quantitative estimate of drug-likeness (QED) is 0.761. The van der Waals surface area contributed by atoms with E-state index in [0.717, 1.165) is 23.6 Å². The predicted octanol–water partition coefficient (Wildman–Crippen LogP) is 2.73. The minimum absolute atomic E-state index is 0.201. The van der Waals surface area contributed by atoms with E-state index < -0.39 is 0 Å². The van der Waals surface area contributed by atoms with Crippen molar-refractivity contribution in [2.24, 2.45) is 5.73 Å². The number of nitrogens with zero attached hydrogens (tertiary/aromatic N) is 1. The lowest BCUT2D eigenvalue weighted by Gasteiger charge is -2.29. The number of hydrogen-bond acceptors (Lipinski definition) is 3. The first-order valence-corrected chi connectivity index (χ1v) is 7.10. The van der Waals surface area contributed by atoms with Crippen molar-refractivity contribution in [1.82, 2.24) is 0 Å². The number of hydrogen-bond donors (Lipinski definition) is 1. The molecule has 0 heterocycles. The summed E-state index contributed by atoms with van der Waals surface area (Å²) in [6.07, 6.45) is 1.03. The van der Waals surface area contributed by atoms with E-state index in [1.54, 1.807) is 12.1 Å². The molecule has 0 saturated heterocycles. The molecule has 0 aliphatic heterocycles. The van der Waals surface area contributed by atoms with Gasteiger partial charge < -0.3 is 10.6 Å². The van der Waals surface area contributed by atoms with Crippen molar-refractivity contribution in [2.45, 2.75) is 19.4 Å². The van der Waals surface area contributed by atoms with E-state index in [0.29, 0.717) is 6.54 Å². The van der Waals surface area contributed by atoms with Gasteiger partial charge in [-0.1, -0.05) is 13.0 Å². The van der Waals surface area contributed by atoms with Crippen LogP contribution in [0.25, 0.3) is 0 Å². The van der Waals surface area contributed by atoms with Crippen molar-refractivity contribution >= 4 is 17.4 Å². The summed E-state index contributed by atoms with van der Waals surface area (Å²) in [6, 6.07) is 6.93. The van der Waals surface area contributed by atoms with Gasteiger partial charge in [-0.3, -0.25) is 0 Å². The Morgan fingerprint density at radius 2 is 2.24 bits per heavy atom. The normalized spacial score (nSPS) is 12.5. The summed E-state index contributed by atoms with van der Waals surface area (Å²) in [5.74, 6) is 2.02. The molecular weight excluding hydrogens is 235 g/mol. The maximum Gasteiger partial charge on any atom is 0.125 e. The van der Waals surface area contributed by atoms with Gasteiger partial charge in [0.2, 0.25) is 0 Å². The minimum Gasteiger partial charge on any atom is -0.370 e. The maximum atomic E-state index is 13.1. The van der Waals surface area contributed by atoms with Crippen molar-refractivity contribution in [2.75, 3.05) is 30.0 Å². The largest absolute Gasteiger partial charge is 0.370 e. The van der Waals surface area contributed by atoms with Crippen LogP contribution in [0.4, 0.5) is 10.1 Å². The topological polar surface area (TPSA) is 29.3 Å². The van der Waals surface area contributed by atoms with Crippen molar-refractivity contribution in [3.63, 3.8) is 0 Å². The summed E-state index contributed by atoms with van der Waals surface area (Å²) >= 11 is 1.91. The third kappa shape index (κ3) is 4.56. The fourth-order valence-electron chi connectivity index (χ4n) is 1.74. The summed E-state index contributed by atoms with van der Waals surface area (Å²) in [4.78, 5) is 2.07. The number of rotatable bonds is 7. The van der Waals surface area contributed by atoms with Gasteiger partial charge in [0.05, 0.1) is 0 Å². The summed E-state index contributed by atoms with van der Waals surface area (Å²) in [5, 5.41) is 0. The molecule has 0 saturated carbocycles. The molecule has 1 rings (SSSR count). The van der Waals surface area contributed by atoms with Crippen LogP contribution < -0.4 is 10.6 Å². The van der Waals surface area contributed by atoms with E-state index >= 15 is 0 Å². The Kier molecular flexibility index (Phi) is 6.37. The van der Waals surface area contributed by atoms with Gasteiger partial charge in [-0.15, -0.1) is 0 Å². The second-order valence-corrected chi connectivity index (χ2v) is 5.36. The smallest absolute Gasteiger partial charge is 0.125 e. The Bertz CT molecular complexity index is 333. The molecule has 0 aliphatic carbocycles. The standard InChI is InChI=1S/C13H21FN2S/c1-3-17-8-7-13(10-15)16(2)12-6-4-5-11(14)9-12/h4-6,9,13H,3,7-8,10,15H2,1-2H3. The first-order chi connectivity index (χ1) is 8.19. The highest BCUT2D eigenvalue weighted by Crippen LogP contribution is 2.18. The number of anilines is 1. The van der Waals surface area contributed by atoms with Crippen LogP contribution in [0.3, 0.4) is 0 Å². The first kappa shape index (κ1) is 14.3. The fraction of sp³-hybridized carbons (Fsp3) is 0.538. The van der Waals surface area contributed by atoms with Crippen LogP contribution in [0.1, 0.15) is 13.3 Å². The lowest BCUT2D eigenvalue weighted by molar-refractivity contribution is 0.610. The van der Waals surface area contributed by atoms with Crippen LogP contribution in [0.2, 0.25) is 0 Å². The van der Waals surface area contributed by atoms with Gasteiger partial charge >= 0.3 is 0 Å². The second-order valence-electron chi connectivity index (χ2n) is 3.97. The molecule has 2 nitrogen and oxygen atoms in total. The van der Waals surface area contributed by atoms with Gasteiger partial charge in [-0.05, 0) is 36.1 Å². The summed E-state index contributed by atoms with van der Waals surface area (Å²) in [5.41, 5.74) is 6.68. The molecule has 1 unspecified atom stereocenters. The zero-order valence-electron chi connectivity index (χ0n) is 10.5. The second kappa shape index (κ2) is 7.56. The number of likely N-dealkylation sites (N-methyl/N-ethyl adjacent to an activating group) is 1. The molecule has 0 fully saturated rings. The van der Waals surface area contributed by atoms with Crippen LogP contribution in [0, 0.1) is 5.82 Å². The zero-order valence-corrected chi connectivity index (χ0v) is 11.3. The molecule has 1 aromatic carbocycles. The molecule has 1 aromatic rings. The average molecular weight is 256 g/mol. The molecule has 17 heavy (non-hydrogen) atoms. The first-order valence-electron chi connectivity index (χ1n) is 5.95. The molecule has 96 valence electrons. The average Bonchev–Trinajstić information content (AvgIpc) is 2.34. The van der Waals surface area contributed by atoms with Gasteiger partial charge in [0.25, 0.3) is 0 Å². The van der Waals surface area contributed by atoms with Crippen LogP contribution in [-0.4, -0.2) is 31.1 Å². The maximum absolute atomic E-state index is 13.1. The Balaban J connectivity index is 2.61. The zero-order chi connectivity index (χ0) is 12.7. The van der Waals surface area contributed by atoms with Crippen LogP contribution in [0.5, 0.6) is 0 Å². The number of thioether (sulfide) groups is 1. The number of benzene rings is 1. The molecule has 1 atom stereocenters. The Labute approximate surface area is 107 Å². The van der Waals surface area contributed by atoms with E-state index in [-0.39, 0.29) is 11.9 Å². The highest BCUT2D eigenvalue weighted by atomic mass is 32.2. The van der Waals surface area contributed by atoms with Gasteiger partial charge in [-0.25, -0.2) is 4.39 Å². The Hall–Kier alpha value is -0.740. The number of halogens is 1. The summed E-state index contributed by atoms with van der Waals surface area (Å²) in [6.45, 7) is 2.75. The lowest BCUT2D eigenvalue weighted by Crippen LogP contribution is -2.38. The summed E-state index contributed by atoms with van der Waals surface area (Å²) in [7, 11) is 1.98. The molecular formula is C13H21FN2S. The van der Waals surface area contributed by atoms with E-state index in [9.17, 15) is 4.39 Å². The number of nitrogens with two attached hydrogens (primary N) is 1. The monoisotopic (exact) mass is 256 g/mol. The Morgan fingerprint density at radius 1 is 1.47 bits per heavy atom. The molecule has 0 aromatic heterocycles. The van der Waals surface area contributed by atoms with Gasteiger partial charge in [0.1, 0.15) is 5.82 Å². The van der Waals surface area contributed by atoms with Crippen LogP contribution in [-0.2, 0) is 0 Å². The third-order valence-electron chi connectivity index (χ3n) is 2.83. The van der Waals surface area contributed by atoms with E-state index in [1.807, 2.05) is 24.9 Å². The molecule has 2 N–H and O–H groups in total. The van der Waals surface area contributed by atoms with E-state index in [2.05, 4.69) is 11.8 Å². The minimum atomic E-state index is -0.201. The van der Waals surface area contributed by atoms with E-state index in [1.165, 1.54) is 6.07 Å². The molecule has 4 heteroatoms. The van der Waals surface area contributed by atoms with Crippen molar-refractivity contribution in [3.05, 3.63) is 30.1 Å². The molecule has 0 radical (unpaired) electrons. The van der Waals surface area contributed by atoms with Gasteiger partial charge in [0, 0.05) is 25.3 Å². The SMILES string of the molecule is CCSCCC(CN)N(C)c1cccc(F)c1. The fourth-order valence-corrected chi connectivity index (χ4v) is 2.47. The third-order valence-corrected chi connectivity index (χ3v) is 3.77. The highest BCUT2D eigenvalue weighted by Gasteiger charge is 2.13. The summed E-state index contributed by atoms with van der Waals surface area (Å²) < 4.78 is 13.1. The molecule has 0 aliphatic rings. The predicted molar refractivity (Wildman–Crippen MR) is 75.3 cm³/mol.